The quantitative estimate of drug-likeness (QED) is 0.725. The van der Waals surface area contributed by atoms with E-state index in [4.69, 9.17) is 5.11 Å². The Morgan fingerprint density at radius 1 is 1.21 bits per heavy atom. The lowest BCUT2D eigenvalue weighted by Crippen LogP contribution is -2.59. The number of piperidine rings is 1. The van der Waals surface area contributed by atoms with Crippen molar-refractivity contribution in [2.75, 3.05) is 0 Å². The number of hydrogen-bond acceptors (Lipinski definition) is 3. The van der Waals surface area contributed by atoms with Crippen molar-refractivity contribution >= 4 is 12.0 Å². The molecule has 6 nitrogen and oxygen atoms in total. The lowest BCUT2D eigenvalue weighted by Gasteiger charge is -2.38. The first-order valence-corrected chi connectivity index (χ1v) is 6.91. The molecule has 19 heavy (non-hydrogen) atoms. The summed E-state index contributed by atoms with van der Waals surface area (Å²) < 4.78 is 0. The molecule has 0 saturated carbocycles. The van der Waals surface area contributed by atoms with Gasteiger partial charge in [-0.15, -0.1) is 0 Å². The second-order valence-electron chi connectivity index (χ2n) is 5.68. The number of carboxylic acid groups (broad SMARTS) is 1. The Labute approximate surface area is 114 Å². The SMILES string of the molecule is CC(C)[C@@H](NC(=O)NN1C(C)CCCC1C)C(=O)O. The molecular formula is C13H25N3O3. The first-order valence-electron chi connectivity index (χ1n) is 6.91. The number of nitrogens with zero attached hydrogens (tertiary/aromatic N) is 1. The molecule has 110 valence electrons. The molecule has 1 aliphatic heterocycles. The zero-order valence-corrected chi connectivity index (χ0v) is 12.1. The number of aliphatic carboxylic acids is 1. The summed E-state index contributed by atoms with van der Waals surface area (Å²) in [6.45, 7) is 7.66. The average molecular weight is 271 g/mol. The number of carboxylic acids is 1. The molecule has 0 aromatic heterocycles. The van der Waals surface area contributed by atoms with E-state index < -0.39 is 18.0 Å². The second-order valence-corrected chi connectivity index (χ2v) is 5.68. The third-order valence-corrected chi connectivity index (χ3v) is 3.64. The number of carbonyl (C=O) groups excluding carboxylic acids is 1. The zero-order chi connectivity index (χ0) is 14.6. The van der Waals surface area contributed by atoms with Gasteiger partial charge in [0.05, 0.1) is 0 Å². The summed E-state index contributed by atoms with van der Waals surface area (Å²) in [4.78, 5) is 22.9. The summed E-state index contributed by atoms with van der Waals surface area (Å²) in [5.74, 6) is -1.16. The summed E-state index contributed by atoms with van der Waals surface area (Å²) in [5.41, 5.74) is 2.78. The minimum absolute atomic E-state index is 0.153. The molecule has 1 rings (SSSR count). The molecule has 0 spiro atoms. The third-order valence-electron chi connectivity index (χ3n) is 3.64. The van der Waals surface area contributed by atoms with Crippen molar-refractivity contribution in [1.82, 2.24) is 15.8 Å². The molecule has 6 heteroatoms. The van der Waals surface area contributed by atoms with Crippen LogP contribution in [-0.4, -0.2) is 40.2 Å². The van der Waals surface area contributed by atoms with Crippen molar-refractivity contribution in [3.05, 3.63) is 0 Å². The van der Waals surface area contributed by atoms with Crippen LogP contribution >= 0.6 is 0 Å². The highest BCUT2D eigenvalue weighted by Gasteiger charge is 2.28. The van der Waals surface area contributed by atoms with Crippen LogP contribution in [0.5, 0.6) is 0 Å². The number of rotatable bonds is 4. The van der Waals surface area contributed by atoms with Crippen molar-refractivity contribution in [2.45, 2.75) is 65.1 Å². The Hall–Kier alpha value is -1.30. The van der Waals surface area contributed by atoms with E-state index in [1.54, 1.807) is 13.8 Å². The molecule has 3 atom stereocenters. The van der Waals surface area contributed by atoms with Gasteiger partial charge in [0.2, 0.25) is 0 Å². The lowest BCUT2D eigenvalue weighted by atomic mass is 10.00. The molecule has 2 unspecified atom stereocenters. The van der Waals surface area contributed by atoms with Crippen LogP contribution in [0.4, 0.5) is 4.79 Å². The van der Waals surface area contributed by atoms with Gasteiger partial charge in [0, 0.05) is 12.1 Å². The monoisotopic (exact) mass is 271 g/mol. The Kier molecular flexibility index (Phi) is 5.60. The third kappa shape index (κ3) is 4.38. The fourth-order valence-electron chi connectivity index (χ4n) is 2.45. The highest BCUT2D eigenvalue weighted by Crippen LogP contribution is 2.20. The fourth-order valence-corrected chi connectivity index (χ4v) is 2.45. The normalized spacial score (nSPS) is 25.9. The number of hydrogen-bond donors (Lipinski definition) is 3. The van der Waals surface area contributed by atoms with Gasteiger partial charge in [-0.1, -0.05) is 20.3 Å². The van der Waals surface area contributed by atoms with E-state index in [-0.39, 0.29) is 18.0 Å². The van der Waals surface area contributed by atoms with Crippen LogP contribution < -0.4 is 10.7 Å². The highest BCUT2D eigenvalue weighted by molar-refractivity contribution is 5.82. The van der Waals surface area contributed by atoms with Gasteiger partial charge in [-0.25, -0.2) is 14.6 Å². The molecule has 0 aromatic carbocycles. The van der Waals surface area contributed by atoms with Gasteiger partial charge < -0.3 is 10.4 Å². The minimum Gasteiger partial charge on any atom is -0.480 e. The number of carbonyl (C=O) groups is 2. The molecular weight excluding hydrogens is 246 g/mol. The van der Waals surface area contributed by atoms with E-state index in [9.17, 15) is 9.59 Å². The van der Waals surface area contributed by atoms with Gasteiger partial charge in [-0.3, -0.25) is 5.43 Å². The first-order chi connectivity index (χ1) is 8.82. The summed E-state index contributed by atoms with van der Waals surface area (Å²) >= 11 is 0. The Bertz CT molecular complexity index is 323. The topological polar surface area (TPSA) is 81.7 Å². The average Bonchev–Trinajstić information content (AvgIpc) is 2.30. The van der Waals surface area contributed by atoms with Crippen LogP contribution in [0.25, 0.3) is 0 Å². The summed E-state index contributed by atoms with van der Waals surface area (Å²) in [7, 11) is 0. The van der Waals surface area contributed by atoms with Crippen LogP contribution in [0.2, 0.25) is 0 Å². The van der Waals surface area contributed by atoms with Crippen LogP contribution in [-0.2, 0) is 4.79 Å². The van der Waals surface area contributed by atoms with Gasteiger partial charge in [-0.2, -0.15) is 0 Å². The molecule has 1 heterocycles. The molecule has 0 aliphatic carbocycles. The predicted octanol–water partition coefficient (Wildman–Crippen LogP) is 1.57. The van der Waals surface area contributed by atoms with Crippen LogP contribution in [0.1, 0.15) is 47.0 Å². The Balaban J connectivity index is 2.56. The van der Waals surface area contributed by atoms with Gasteiger partial charge >= 0.3 is 12.0 Å². The highest BCUT2D eigenvalue weighted by atomic mass is 16.4. The van der Waals surface area contributed by atoms with Crippen LogP contribution in [0.15, 0.2) is 0 Å². The van der Waals surface area contributed by atoms with Crippen molar-refractivity contribution in [3.8, 4) is 0 Å². The molecule has 1 saturated heterocycles. The summed E-state index contributed by atoms with van der Waals surface area (Å²) in [5, 5.41) is 13.5. The smallest absolute Gasteiger partial charge is 0.330 e. The minimum atomic E-state index is -1.01. The largest absolute Gasteiger partial charge is 0.480 e. The van der Waals surface area contributed by atoms with Crippen LogP contribution in [0, 0.1) is 5.92 Å². The number of hydrazine groups is 1. The summed E-state index contributed by atoms with van der Waals surface area (Å²) in [6.07, 6.45) is 3.24. The summed E-state index contributed by atoms with van der Waals surface area (Å²) in [6, 6.07) is -0.759. The zero-order valence-electron chi connectivity index (χ0n) is 12.1. The van der Waals surface area contributed by atoms with Crippen molar-refractivity contribution in [2.24, 2.45) is 5.92 Å². The van der Waals surface area contributed by atoms with Gasteiger partial charge in [0.15, 0.2) is 0 Å². The van der Waals surface area contributed by atoms with Crippen molar-refractivity contribution < 1.29 is 14.7 Å². The first kappa shape index (κ1) is 15.8. The Morgan fingerprint density at radius 3 is 2.16 bits per heavy atom. The van der Waals surface area contributed by atoms with Crippen LogP contribution in [0.3, 0.4) is 0 Å². The molecule has 0 aromatic rings. The van der Waals surface area contributed by atoms with Gasteiger partial charge in [0.25, 0.3) is 0 Å². The standard InChI is InChI=1S/C13H25N3O3/c1-8(2)11(12(17)18)14-13(19)15-16-9(3)6-5-7-10(16)4/h8-11H,5-7H2,1-4H3,(H,17,18)(H2,14,15,19)/t9?,10?,11-/m1/s1. The molecule has 0 bridgehead atoms. The maximum absolute atomic E-state index is 11.9. The number of amides is 2. The molecule has 0 radical (unpaired) electrons. The number of urea groups is 1. The Morgan fingerprint density at radius 2 is 1.74 bits per heavy atom. The second kappa shape index (κ2) is 6.75. The lowest BCUT2D eigenvalue weighted by molar-refractivity contribution is -0.140. The van der Waals surface area contributed by atoms with Gasteiger partial charge in [0.1, 0.15) is 6.04 Å². The number of nitrogens with one attached hydrogen (secondary N) is 2. The van der Waals surface area contributed by atoms with E-state index in [1.165, 1.54) is 0 Å². The van der Waals surface area contributed by atoms with E-state index >= 15 is 0 Å². The predicted molar refractivity (Wildman–Crippen MR) is 72.5 cm³/mol. The van der Waals surface area contributed by atoms with E-state index in [0.29, 0.717) is 0 Å². The van der Waals surface area contributed by atoms with Crippen molar-refractivity contribution in [3.63, 3.8) is 0 Å². The maximum Gasteiger partial charge on any atom is 0.330 e. The fraction of sp³-hybridized carbons (Fsp3) is 0.846. The molecule has 2 amide bonds. The molecule has 1 aliphatic rings. The van der Waals surface area contributed by atoms with E-state index in [0.717, 1.165) is 19.3 Å². The maximum atomic E-state index is 11.9. The van der Waals surface area contributed by atoms with Crippen molar-refractivity contribution in [1.29, 1.82) is 0 Å². The molecule has 1 fully saturated rings. The van der Waals surface area contributed by atoms with E-state index in [1.807, 2.05) is 5.01 Å². The van der Waals surface area contributed by atoms with Gasteiger partial charge in [-0.05, 0) is 32.6 Å². The van der Waals surface area contributed by atoms with E-state index in [2.05, 4.69) is 24.6 Å². The molecule has 3 N–H and O–H groups in total.